The number of primary amides is 2. The first-order valence-corrected chi connectivity index (χ1v) is 11.5. The highest BCUT2D eigenvalue weighted by atomic mass is 16.6. The molecule has 14 nitrogen and oxygen atoms in total. The maximum atomic E-state index is 12.5. The third-order valence-electron chi connectivity index (χ3n) is 4.43. The summed E-state index contributed by atoms with van der Waals surface area (Å²) in [5, 5.41) is 14.6. The van der Waals surface area contributed by atoms with Crippen molar-refractivity contribution in [1.82, 2.24) is 10.6 Å². The van der Waals surface area contributed by atoms with Crippen molar-refractivity contribution in [3.05, 3.63) is 0 Å². The smallest absolute Gasteiger partial charge is 0.417 e. The van der Waals surface area contributed by atoms with E-state index in [4.69, 9.17) is 25.7 Å². The number of aliphatic carboxylic acids is 1. The molecule has 0 aromatic heterocycles. The number of nitrogens with one attached hydrogen (secondary N) is 2. The predicted molar refractivity (Wildman–Crippen MR) is 125 cm³/mol. The van der Waals surface area contributed by atoms with E-state index in [2.05, 4.69) is 10.6 Å². The number of nitrogens with two attached hydrogens (primary N) is 2. The van der Waals surface area contributed by atoms with Crippen LogP contribution in [0.1, 0.15) is 47.0 Å². The van der Waals surface area contributed by atoms with Gasteiger partial charge >= 0.3 is 23.9 Å². The fraction of sp³-hybridized carbons (Fsp3) is 0.727. The molecule has 0 radical (unpaired) electrons. The fourth-order valence-corrected chi connectivity index (χ4v) is 2.95. The number of hydrogen-bond donors (Lipinski definition) is 5. The summed E-state index contributed by atoms with van der Waals surface area (Å²) in [6, 6.07) is -0.801. The van der Waals surface area contributed by atoms with E-state index < -0.39 is 66.8 Å². The van der Waals surface area contributed by atoms with Crippen LogP contribution in [0, 0.1) is 11.8 Å². The highest BCUT2D eigenvalue weighted by Crippen LogP contribution is 2.15. The second-order valence-corrected chi connectivity index (χ2v) is 9.03. The van der Waals surface area contributed by atoms with Gasteiger partial charge in [0.1, 0.15) is 12.2 Å². The molecule has 0 rings (SSSR count). The van der Waals surface area contributed by atoms with E-state index in [1.165, 1.54) is 0 Å². The van der Waals surface area contributed by atoms with Gasteiger partial charge in [0.2, 0.25) is 11.8 Å². The van der Waals surface area contributed by atoms with Crippen LogP contribution in [0.4, 0.5) is 0 Å². The van der Waals surface area contributed by atoms with Gasteiger partial charge in [-0.2, -0.15) is 0 Å². The van der Waals surface area contributed by atoms with E-state index in [1.54, 1.807) is 0 Å². The third kappa shape index (κ3) is 16.4. The lowest BCUT2D eigenvalue weighted by Gasteiger charge is -2.28. The van der Waals surface area contributed by atoms with Crippen LogP contribution in [-0.2, 0) is 43.0 Å². The minimum atomic E-state index is -1.49. The van der Waals surface area contributed by atoms with Gasteiger partial charge in [0.15, 0.2) is 0 Å². The number of amides is 2. The fourth-order valence-electron chi connectivity index (χ4n) is 2.95. The van der Waals surface area contributed by atoms with Gasteiger partial charge in [-0.3, -0.25) is 19.2 Å². The Morgan fingerprint density at radius 1 is 0.833 bits per heavy atom. The van der Waals surface area contributed by atoms with E-state index in [-0.39, 0.29) is 38.1 Å². The number of hydrogen-bond acceptors (Lipinski definition) is 11. The van der Waals surface area contributed by atoms with Crippen LogP contribution in [0.3, 0.4) is 0 Å². The van der Waals surface area contributed by atoms with Crippen LogP contribution >= 0.6 is 0 Å². The summed E-state index contributed by atoms with van der Waals surface area (Å²) in [5.41, 5.74) is 10.2. The zero-order valence-electron chi connectivity index (χ0n) is 21.1. The first-order valence-electron chi connectivity index (χ1n) is 11.5. The Kier molecular flexibility index (Phi) is 15.7. The predicted octanol–water partition coefficient (Wildman–Crippen LogP) is -1.56. The van der Waals surface area contributed by atoms with Crippen LogP contribution in [0.25, 0.3) is 0 Å². The van der Waals surface area contributed by atoms with Crippen molar-refractivity contribution in [2.45, 2.75) is 65.2 Å². The summed E-state index contributed by atoms with van der Waals surface area (Å²) >= 11 is 0. The lowest BCUT2D eigenvalue weighted by atomic mass is 9.97. The highest BCUT2D eigenvalue weighted by Gasteiger charge is 2.33. The van der Waals surface area contributed by atoms with Gasteiger partial charge in [0.25, 0.3) is 0 Å². The molecule has 7 N–H and O–H groups in total. The zero-order valence-corrected chi connectivity index (χ0v) is 21.1. The Morgan fingerprint density at radius 2 is 1.42 bits per heavy atom. The minimum Gasteiger partial charge on any atom is -0.481 e. The summed E-state index contributed by atoms with van der Waals surface area (Å²) < 4.78 is 15.2. The molecule has 0 aliphatic heterocycles. The average Bonchev–Trinajstić information content (AvgIpc) is 2.73. The first-order chi connectivity index (χ1) is 16.7. The summed E-state index contributed by atoms with van der Waals surface area (Å²) in [6.45, 7) is 6.66. The molecule has 0 heterocycles. The van der Waals surface area contributed by atoms with Crippen molar-refractivity contribution < 1.29 is 48.1 Å². The number of carbonyl (C=O) groups excluding carboxylic acids is 5. The van der Waals surface area contributed by atoms with Gasteiger partial charge in [0, 0.05) is 12.6 Å². The van der Waals surface area contributed by atoms with Crippen molar-refractivity contribution in [3.8, 4) is 0 Å². The van der Waals surface area contributed by atoms with Crippen LogP contribution in [-0.4, -0.2) is 85.3 Å². The number of ether oxygens (including phenoxy) is 3. The molecule has 0 aromatic rings. The largest absolute Gasteiger partial charge is 0.481 e. The molecule has 0 spiro atoms. The maximum absolute atomic E-state index is 12.5. The van der Waals surface area contributed by atoms with Gasteiger partial charge in [-0.05, 0) is 18.3 Å². The lowest BCUT2D eigenvalue weighted by Crippen LogP contribution is -2.48. The van der Waals surface area contributed by atoms with Crippen LogP contribution in [0.5, 0.6) is 0 Å². The molecular weight excluding hydrogens is 480 g/mol. The molecule has 3 atom stereocenters. The van der Waals surface area contributed by atoms with Crippen molar-refractivity contribution in [1.29, 1.82) is 0 Å². The molecule has 14 heteroatoms. The van der Waals surface area contributed by atoms with Gasteiger partial charge in [-0.15, -0.1) is 0 Å². The summed E-state index contributed by atoms with van der Waals surface area (Å²) in [6.07, 6.45) is -3.32. The SMILES string of the molecule is CC(C)COC(=O)CC(CNCC(N)=O)OC(=O)C(=O)OC(CC(=O)O)C(CC(C)C)NCC(N)=O. The number of esters is 3. The standard InChI is InChI=1S/C22H38N4O10/c1-12(2)5-15(26-10-18(24)28)16(7-19(29)30)36-22(33)21(32)35-14(8-25-9-17(23)27)6-20(31)34-11-13(3)4/h12-16,25-26H,5-11H2,1-4H3,(H2,23,27)(H2,24,28)(H,29,30). The molecule has 2 amide bonds. The van der Waals surface area contributed by atoms with Crippen molar-refractivity contribution in [3.63, 3.8) is 0 Å². The lowest BCUT2D eigenvalue weighted by molar-refractivity contribution is -0.177. The number of carbonyl (C=O) groups is 6. The molecule has 206 valence electrons. The van der Waals surface area contributed by atoms with E-state index in [1.807, 2.05) is 27.7 Å². The number of rotatable bonds is 18. The Balaban J connectivity index is 5.41. The molecule has 0 aliphatic carbocycles. The topological polar surface area (TPSA) is 226 Å². The van der Waals surface area contributed by atoms with Gasteiger partial charge in [-0.1, -0.05) is 27.7 Å². The van der Waals surface area contributed by atoms with Gasteiger partial charge < -0.3 is 41.4 Å². The van der Waals surface area contributed by atoms with E-state index in [0.717, 1.165) is 0 Å². The van der Waals surface area contributed by atoms with E-state index in [9.17, 15) is 33.9 Å². The van der Waals surface area contributed by atoms with E-state index in [0.29, 0.717) is 6.42 Å². The van der Waals surface area contributed by atoms with Crippen LogP contribution in [0.15, 0.2) is 0 Å². The quantitative estimate of drug-likeness (QED) is 0.0788. The minimum absolute atomic E-state index is 0.00915. The maximum Gasteiger partial charge on any atom is 0.417 e. The zero-order chi connectivity index (χ0) is 27.8. The summed E-state index contributed by atoms with van der Waals surface area (Å²) in [5.74, 6) is -6.32. The Hall–Kier alpha value is -3.26. The summed E-state index contributed by atoms with van der Waals surface area (Å²) in [4.78, 5) is 70.4. The molecule has 0 fully saturated rings. The normalized spacial score (nSPS) is 13.5. The molecule has 0 bridgehead atoms. The Labute approximate surface area is 209 Å². The molecule has 0 saturated heterocycles. The number of carboxylic acids is 1. The number of carboxylic acid groups (broad SMARTS) is 1. The molecule has 3 unspecified atom stereocenters. The summed E-state index contributed by atoms with van der Waals surface area (Å²) in [7, 11) is 0. The van der Waals surface area contributed by atoms with Gasteiger partial charge in [0.05, 0.1) is 32.5 Å². The second-order valence-electron chi connectivity index (χ2n) is 9.03. The Bertz CT molecular complexity index is 772. The highest BCUT2D eigenvalue weighted by molar-refractivity contribution is 6.29. The molecule has 0 aromatic carbocycles. The van der Waals surface area contributed by atoms with Crippen molar-refractivity contribution in [2.75, 3.05) is 26.2 Å². The monoisotopic (exact) mass is 518 g/mol. The van der Waals surface area contributed by atoms with Crippen molar-refractivity contribution in [2.24, 2.45) is 23.3 Å². The first kappa shape index (κ1) is 32.7. The van der Waals surface area contributed by atoms with Gasteiger partial charge in [-0.25, -0.2) is 9.59 Å². The van der Waals surface area contributed by atoms with Crippen LogP contribution in [0.2, 0.25) is 0 Å². The molecule has 36 heavy (non-hydrogen) atoms. The Morgan fingerprint density at radius 3 is 1.92 bits per heavy atom. The molecular formula is C22H38N4O10. The van der Waals surface area contributed by atoms with Crippen LogP contribution < -0.4 is 22.1 Å². The third-order valence-corrected chi connectivity index (χ3v) is 4.43. The van der Waals surface area contributed by atoms with E-state index >= 15 is 0 Å². The molecule has 0 aliphatic rings. The second kappa shape index (κ2) is 17.2. The average molecular weight is 519 g/mol. The molecule has 0 saturated carbocycles. The van der Waals surface area contributed by atoms with Crippen molar-refractivity contribution >= 4 is 35.7 Å².